The lowest BCUT2D eigenvalue weighted by Gasteiger charge is -2.22. The van der Waals surface area contributed by atoms with Gasteiger partial charge in [0.1, 0.15) is 6.23 Å². The van der Waals surface area contributed by atoms with Crippen LogP contribution in [0.5, 0.6) is 0 Å². The Kier molecular flexibility index (Phi) is 4.08. The topological polar surface area (TPSA) is 90.5 Å². The number of nitrogens with one attached hydrogen (secondary N) is 2. The van der Waals surface area contributed by atoms with Crippen LogP contribution in [-0.4, -0.2) is 48.2 Å². The molecule has 0 aromatic carbocycles. The zero-order valence-electron chi connectivity index (χ0n) is 7.90. The van der Waals surface area contributed by atoms with Crippen LogP contribution in [0.15, 0.2) is 0 Å². The van der Waals surface area contributed by atoms with Crippen molar-refractivity contribution in [3.63, 3.8) is 0 Å². The van der Waals surface area contributed by atoms with E-state index in [1.54, 1.807) is 6.92 Å². The molecule has 6 N–H and O–H groups in total. The van der Waals surface area contributed by atoms with E-state index in [9.17, 15) is 5.11 Å². The first-order chi connectivity index (χ1) is 6.11. The van der Waals surface area contributed by atoms with E-state index in [0.29, 0.717) is 6.54 Å². The van der Waals surface area contributed by atoms with E-state index in [2.05, 4.69) is 10.6 Å². The monoisotopic (exact) mass is 189 g/mol. The van der Waals surface area contributed by atoms with Gasteiger partial charge >= 0.3 is 0 Å². The molecular formula is C8H19N3O2. The molecule has 5 heteroatoms. The van der Waals surface area contributed by atoms with Crippen LogP contribution in [0, 0.1) is 5.92 Å². The van der Waals surface area contributed by atoms with Crippen molar-refractivity contribution in [1.82, 2.24) is 10.6 Å². The van der Waals surface area contributed by atoms with E-state index in [0.717, 1.165) is 13.1 Å². The lowest BCUT2D eigenvalue weighted by molar-refractivity contribution is 0.0611. The van der Waals surface area contributed by atoms with Crippen LogP contribution < -0.4 is 16.4 Å². The summed E-state index contributed by atoms with van der Waals surface area (Å²) in [4.78, 5) is 0. The highest BCUT2D eigenvalue weighted by molar-refractivity contribution is 4.87. The van der Waals surface area contributed by atoms with Gasteiger partial charge in [-0.15, -0.1) is 0 Å². The van der Waals surface area contributed by atoms with E-state index >= 15 is 0 Å². The molecule has 0 radical (unpaired) electrons. The number of aliphatic hydroxyl groups is 2. The van der Waals surface area contributed by atoms with Gasteiger partial charge in [-0.2, -0.15) is 0 Å². The van der Waals surface area contributed by atoms with Crippen LogP contribution in [0.1, 0.15) is 6.92 Å². The maximum absolute atomic E-state index is 9.63. The van der Waals surface area contributed by atoms with Crippen LogP contribution in [0.2, 0.25) is 0 Å². The van der Waals surface area contributed by atoms with Gasteiger partial charge in [0.15, 0.2) is 0 Å². The number of rotatable bonds is 4. The number of nitrogens with two attached hydrogens (primary N) is 1. The summed E-state index contributed by atoms with van der Waals surface area (Å²) in [6.07, 6.45) is -1.07. The first kappa shape index (κ1) is 10.9. The molecule has 5 nitrogen and oxygen atoms in total. The number of hydrogen-bond donors (Lipinski definition) is 5. The molecule has 0 aromatic heterocycles. The molecule has 78 valence electrons. The van der Waals surface area contributed by atoms with Gasteiger partial charge in [0.05, 0.1) is 6.10 Å². The van der Waals surface area contributed by atoms with Crippen molar-refractivity contribution in [2.75, 3.05) is 19.6 Å². The van der Waals surface area contributed by atoms with Gasteiger partial charge in [-0.25, -0.2) is 0 Å². The molecule has 1 heterocycles. The summed E-state index contributed by atoms with van der Waals surface area (Å²) in [5.74, 6) is 0.0405. The standard InChI is InChI=1S/C8H19N3O2/c1-5(12)2-11-8(13)6-3-10-4-7(6)9/h5-8,10-13H,2-4,9H2,1H3. The Morgan fingerprint density at radius 1 is 1.54 bits per heavy atom. The lowest BCUT2D eigenvalue weighted by Crippen LogP contribution is -2.46. The number of aliphatic hydroxyl groups excluding tert-OH is 2. The summed E-state index contributed by atoms with van der Waals surface area (Å²) < 4.78 is 0. The van der Waals surface area contributed by atoms with Crippen molar-refractivity contribution in [3.8, 4) is 0 Å². The summed E-state index contributed by atoms with van der Waals surface area (Å²) in [6.45, 7) is 3.55. The first-order valence-corrected chi connectivity index (χ1v) is 4.67. The zero-order valence-corrected chi connectivity index (χ0v) is 7.90. The fourth-order valence-electron chi connectivity index (χ4n) is 1.51. The van der Waals surface area contributed by atoms with Crippen molar-refractivity contribution < 1.29 is 10.2 Å². The predicted molar refractivity (Wildman–Crippen MR) is 50.0 cm³/mol. The Morgan fingerprint density at radius 3 is 2.69 bits per heavy atom. The van der Waals surface area contributed by atoms with E-state index in [4.69, 9.17) is 10.8 Å². The van der Waals surface area contributed by atoms with Crippen LogP contribution in [0.25, 0.3) is 0 Å². The highest BCUT2D eigenvalue weighted by Gasteiger charge is 2.29. The third-order valence-electron chi connectivity index (χ3n) is 2.34. The molecular weight excluding hydrogens is 170 g/mol. The minimum atomic E-state index is -0.625. The average molecular weight is 189 g/mol. The highest BCUT2D eigenvalue weighted by Crippen LogP contribution is 2.09. The molecule has 0 saturated carbocycles. The molecule has 1 saturated heterocycles. The van der Waals surface area contributed by atoms with Gasteiger partial charge in [0.25, 0.3) is 0 Å². The summed E-state index contributed by atoms with van der Waals surface area (Å²) >= 11 is 0. The Labute approximate surface area is 78.3 Å². The molecule has 13 heavy (non-hydrogen) atoms. The maximum atomic E-state index is 9.63. The molecule has 0 spiro atoms. The second-order valence-electron chi connectivity index (χ2n) is 3.69. The minimum Gasteiger partial charge on any atom is -0.392 e. The second-order valence-corrected chi connectivity index (χ2v) is 3.69. The normalized spacial score (nSPS) is 33.2. The molecule has 0 aromatic rings. The third-order valence-corrected chi connectivity index (χ3v) is 2.34. The fourth-order valence-corrected chi connectivity index (χ4v) is 1.51. The van der Waals surface area contributed by atoms with Gasteiger partial charge in [0.2, 0.25) is 0 Å². The predicted octanol–water partition coefficient (Wildman–Crippen LogP) is -2.18. The third kappa shape index (κ3) is 3.21. The van der Waals surface area contributed by atoms with Crippen molar-refractivity contribution in [1.29, 1.82) is 0 Å². The van der Waals surface area contributed by atoms with E-state index in [1.165, 1.54) is 0 Å². The van der Waals surface area contributed by atoms with Crippen LogP contribution in [0.4, 0.5) is 0 Å². The van der Waals surface area contributed by atoms with Crippen molar-refractivity contribution in [2.45, 2.75) is 25.3 Å². The van der Waals surface area contributed by atoms with Crippen molar-refractivity contribution in [2.24, 2.45) is 11.7 Å². The van der Waals surface area contributed by atoms with Gasteiger partial charge in [-0.1, -0.05) is 0 Å². The van der Waals surface area contributed by atoms with Gasteiger partial charge in [0, 0.05) is 31.6 Å². The summed E-state index contributed by atoms with van der Waals surface area (Å²) in [5, 5.41) is 24.6. The second kappa shape index (κ2) is 4.88. The minimum absolute atomic E-state index is 0.00324. The zero-order chi connectivity index (χ0) is 9.84. The SMILES string of the molecule is CC(O)CNC(O)C1CNCC1N. The lowest BCUT2D eigenvalue weighted by atomic mass is 10.0. The molecule has 1 aliphatic rings. The Hall–Kier alpha value is -0.200. The van der Waals surface area contributed by atoms with Crippen LogP contribution in [0.3, 0.4) is 0 Å². The molecule has 4 unspecified atom stereocenters. The summed E-state index contributed by atoms with van der Waals surface area (Å²) in [7, 11) is 0. The van der Waals surface area contributed by atoms with E-state index in [-0.39, 0.29) is 12.0 Å². The van der Waals surface area contributed by atoms with E-state index < -0.39 is 12.3 Å². The Bertz CT molecular complexity index is 154. The van der Waals surface area contributed by atoms with Gasteiger partial charge < -0.3 is 21.3 Å². The van der Waals surface area contributed by atoms with Crippen molar-refractivity contribution >= 4 is 0 Å². The molecule has 1 rings (SSSR count). The Morgan fingerprint density at radius 2 is 2.23 bits per heavy atom. The molecule has 0 amide bonds. The molecule has 0 bridgehead atoms. The quantitative estimate of drug-likeness (QED) is 0.324. The molecule has 1 aliphatic heterocycles. The van der Waals surface area contributed by atoms with Crippen molar-refractivity contribution in [3.05, 3.63) is 0 Å². The Balaban J connectivity index is 2.25. The van der Waals surface area contributed by atoms with Crippen LogP contribution in [-0.2, 0) is 0 Å². The largest absolute Gasteiger partial charge is 0.392 e. The first-order valence-electron chi connectivity index (χ1n) is 4.67. The average Bonchev–Trinajstić information content (AvgIpc) is 2.47. The summed E-state index contributed by atoms with van der Waals surface area (Å²) in [6, 6.07) is -0.00324. The maximum Gasteiger partial charge on any atom is 0.110 e. The molecule has 0 aliphatic carbocycles. The van der Waals surface area contributed by atoms with E-state index in [1.807, 2.05) is 0 Å². The summed E-state index contributed by atoms with van der Waals surface area (Å²) in [5.41, 5.74) is 5.76. The number of hydrogen-bond acceptors (Lipinski definition) is 5. The smallest absolute Gasteiger partial charge is 0.110 e. The fraction of sp³-hybridized carbons (Fsp3) is 1.00. The molecule has 1 fully saturated rings. The van der Waals surface area contributed by atoms with Crippen LogP contribution >= 0.6 is 0 Å². The van der Waals surface area contributed by atoms with Gasteiger partial charge in [-0.05, 0) is 6.92 Å². The molecule has 4 atom stereocenters. The van der Waals surface area contributed by atoms with Gasteiger partial charge in [-0.3, -0.25) is 5.32 Å². The highest BCUT2D eigenvalue weighted by atomic mass is 16.3.